The monoisotopic (exact) mass is 380 g/mol. The van der Waals surface area contributed by atoms with Gasteiger partial charge in [0.25, 0.3) is 5.91 Å². The van der Waals surface area contributed by atoms with Gasteiger partial charge < -0.3 is 10.0 Å². The van der Waals surface area contributed by atoms with Crippen molar-refractivity contribution in [2.45, 2.75) is 36.9 Å². The van der Waals surface area contributed by atoms with Crippen molar-refractivity contribution < 1.29 is 24.3 Å². The van der Waals surface area contributed by atoms with E-state index in [1.165, 1.54) is 34.3 Å². The molecule has 3 rings (SSSR count). The van der Waals surface area contributed by atoms with Crippen LogP contribution in [0, 0.1) is 0 Å². The number of thiophene rings is 1. The Morgan fingerprint density at radius 2 is 2.08 bits per heavy atom. The van der Waals surface area contributed by atoms with Crippen molar-refractivity contribution >= 4 is 51.7 Å². The van der Waals surface area contributed by atoms with Crippen molar-refractivity contribution in [2.24, 2.45) is 0 Å². The lowest BCUT2D eigenvalue weighted by Crippen LogP contribution is -2.70. The number of amides is 2. The molecule has 0 aromatic carbocycles. The zero-order valence-electron chi connectivity index (χ0n) is 13.5. The van der Waals surface area contributed by atoms with Crippen molar-refractivity contribution in [3.63, 3.8) is 0 Å². The topological polar surface area (TPSA) is 95.0 Å². The Hall–Kier alpha value is -2.13. The fraction of sp³-hybridized carbons (Fsp3) is 0.375. The third-order valence-corrected chi connectivity index (χ3v) is 6.48. The van der Waals surface area contributed by atoms with Crippen LogP contribution in [0.5, 0.6) is 0 Å². The van der Waals surface area contributed by atoms with Gasteiger partial charge in [0.2, 0.25) is 5.91 Å². The third-order valence-electron chi connectivity index (χ3n) is 4.12. The van der Waals surface area contributed by atoms with Crippen LogP contribution < -0.4 is 4.90 Å². The second-order valence-electron chi connectivity index (χ2n) is 5.64. The molecule has 2 unspecified atom stereocenters. The number of hydrogen-bond acceptors (Lipinski definition) is 6. The summed E-state index contributed by atoms with van der Waals surface area (Å²) in [6, 6.07) is 2.76. The first kappa shape index (κ1) is 17.7. The van der Waals surface area contributed by atoms with Crippen LogP contribution in [0.3, 0.4) is 0 Å². The molecule has 25 heavy (non-hydrogen) atoms. The predicted molar refractivity (Wildman–Crippen MR) is 94.3 cm³/mol. The minimum absolute atomic E-state index is 0.119. The fourth-order valence-electron chi connectivity index (χ4n) is 2.92. The number of carboxylic acid groups (broad SMARTS) is 1. The molecule has 0 aliphatic carbocycles. The summed E-state index contributed by atoms with van der Waals surface area (Å²) in [5.41, 5.74) is 0.119. The van der Waals surface area contributed by atoms with Crippen molar-refractivity contribution in [3.05, 3.63) is 29.3 Å². The van der Waals surface area contributed by atoms with Gasteiger partial charge in [0, 0.05) is 25.1 Å². The molecule has 2 aliphatic heterocycles. The smallest absolute Gasteiger partial charge is 0.321 e. The minimum atomic E-state index is -1.12. The lowest BCUT2D eigenvalue weighted by Gasteiger charge is -2.51. The number of β-lactam (4-membered cyclic amide) rings is 1. The lowest BCUT2D eigenvalue weighted by molar-refractivity contribution is -0.143. The first-order valence-corrected chi connectivity index (χ1v) is 9.47. The number of nitrogens with zero attached hydrogens (tertiary/aromatic N) is 2. The quantitative estimate of drug-likeness (QED) is 0.782. The minimum Gasteiger partial charge on any atom is -0.480 e. The van der Waals surface area contributed by atoms with Crippen molar-refractivity contribution in [1.82, 2.24) is 4.90 Å². The highest BCUT2D eigenvalue weighted by Gasteiger charge is 2.56. The number of fused-ring (bicyclic) bond motifs is 1. The molecule has 0 radical (unpaired) electrons. The van der Waals surface area contributed by atoms with Gasteiger partial charge in [-0.15, -0.1) is 23.1 Å². The highest BCUT2D eigenvalue weighted by Crippen LogP contribution is 2.44. The summed E-state index contributed by atoms with van der Waals surface area (Å²) in [4.78, 5) is 51.1. The molecule has 1 N–H and O–H groups in total. The molecule has 1 aromatic heterocycles. The van der Waals surface area contributed by atoms with Crippen LogP contribution in [-0.2, 0) is 19.2 Å². The molecule has 2 amide bonds. The number of Topliss-reactive ketones (excluding diaryl/α,β-unsaturated/α-hetero) is 1. The number of ketones is 1. The van der Waals surface area contributed by atoms with E-state index in [0.717, 1.165) is 11.8 Å². The van der Waals surface area contributed by atoms with E-state index in [2.05, 4.69) is 0 Å². The van der Waals surface area contributed by atoms with Gasteiger partial charge in [0.05, 0.1) is 5.00 Å². The van der Waals surface area contributed by atoms with Gasteiger partial charge >= 0.3 is 5.97 Å². The third kappa shape index (κ3) is 2.87. The summed E-state index contributed by atoms with van der Waals surface area (Å²) in [5, 5.41) is 10.3. The molecule has 0 saturated carbocycles. The maximum atomic E-state index is 12.6. The Labute approximate surface area is 152 Å². The van der Waals surface area contributed by atoms with Crippen molar-refractivity contribution in [3.8, 4) is 0 Å². The van der Waals surface area contributed by atoms with E-state index in [1.807, 2.05) is 0 Å². The number of carboxylic acids is 1. The largest absolute Gasteiger partial charge is 0.480 e. The van der Waals surface area contributed by atoms with Gasteiger partial charge in [0.15, 0.2) is 5.78 Å². The molecule has 3 atom stereocenters. The number of aliphatic carboxylic acids is 1. The molecule has 0 bridgehead atoms. The maximum absolute atomic E-state index is 12.6. The molecule has 3 heterocycles. The van der Waals surface area contributed by atoms with Crippen molar-refractivity contribution in [2.75, 3.05) is 4.90 Å². The molecule has 1 fully saturated rings. The first-order chi connectivity index (χ1) is 11.9. The van der Waals surface area contributed by atoms with Gasteiger partial charge in [-0.25, -0.2) is 0 Å². The second-order valence-corrected chi connectivity index (χ2v) is 7.79. The number of carbonyl (C=O) groups excluding carboxylic acids is 3. The number of anilines is 1. The summed E-state index contributed by atoms with van der Waals surface area (Å²) in [6.45, 7) is 3.02. The summed E-state index contributed by atoms with van der Waals surface area (Å²) in [5.74, 6) is -2.02. The summed E-state index contributed by atoms with van der Waals surface area (Å²) < 4.78 is 0. The van der Waals surface area contributed by atoms with Crippen LogP contribution in [0.1, 0.15) is 20.3 Å². The average Bonchev–Trinajstić information content (AvgIpc) is 3.10. The zero-order chi connectivity index (χ0) is 18.3. The standard InChI is InChI=1S/C16H16N2O5S2/c1-3-10(20)9-7-17-14(21)12(15(17)25-13(9)16(22)23)18(8(2)19)11-5-4-6-24-11/h4-7,12-13,15H,3H2,1-2H3,(H,22,23)/t12?,13?,15-/m1/s1. The fourth-order valence-corrected chi connectivity index (χ4v) is 5.15. The van der Waals surface area contributed by atoms with Crippen LogP contribution in [-0.4, -0.2) is 50.2 Å². The molecule has 1 aromatic rings. The van der Waals surface area contributed by atoms with Crippen LogP contribution in [0.25, 0.3) is 0 Å². The number of carbonyl (C=O) groups is 4. The van der Waals surface area contributed by atoms with Crippen molar-refractivity contribution in [1.29, 1.82) is 0 Å². The molecular formula is C16H16N2O5S2. The van der Waals surface area contributed by atoms with E-state index in [4.69, 9.17) is 0 Å². The Bertz CT molecular complexity index is 773. The van der Waals surface area contributed by atoms with Crippen LogP contribution in [0.4, 0.5) is 5.00 Å². The van der Waals surface area contributed by atoms with E-state index in [9.17, 15) is 24.3 Å². The maximum Gasteiger partial charge on any atom is 0.321 e. The number of thioether (sulfide) groups is 1. The van der Waals surface area contributed by atoms with Gasteiger partial charge in [-0.1, -0.05) is 6.92 Å². The van der Waals surface area contributed by atoms with E-state index < -0.39 is 22.6 Å². The highest BCUT2D eigenvalue weighted by molar-refractivity contribution is 8.01. The van der Waals surface area contributed by atoms with E-state index in [-0.39, 0.29) is 29.6 Å². The molecule has 0 spiro atoms. The summed E-state index contributed by atoms with van der Waals surface area (Å²) in [6.07, 6.45) is 1.51. The van der Waals surface area contributed by atoms with E-state index in [0.29, 0.717) is 5.00 Å². The summed E-state index contributed by atoms with van der Waals surface area (Å²) >= 11 is 2.36. The molecule has 1 saturated heterocycles. The molecule has 2 aliphatic rings. The van der Waals surface area contributed by atoms with Gasteiger partial charge in [-0.2, -0.15) is 0 Å². The van der Waals surface area contributed by atoms with Gasteiger partial charge in [0.1, 0.15) is 16.7 Å². The molecule has 132 valence electrons. The molecule has 7 nitrogen and oxygen atoms in total. The Morgan fingerprint density at radius 3 is 2.60 bits per heavy atom. The molecular weight excluding hydrogens is 364 g/mol. The Balaban J connectivity index is 1.95. The Kier molecular flexibility index (Phi) is 4.70. The SMILES string of the molecule is CCC(=O)C1=CN2C(=O)C(N(C(C)=O)c3cccs3)[C@H]2SC1C(=O)O. The van der Waals surface area contributed by atoms with Crippen LogP contribution in [0.2, 0.25) is 0 Å². The van der Waals surface area contributed by atoms with E-state index in [1.54, 1.807) is 24.4 Å². The number of rotatable bonds is 5. The summed E-state index contributed by atoms with van der Waals surface area (Å²) in [7, 11) is 0. The highest BCUT2D eigenvalue weighted by atomic mass is 32.2. The first-order valence-electron chi connectivity index (χ1n) is 7.65. The average molecular weight is 380 g/mol. The molecule has 9 heteroatoms. The number of hydrogen-bond donors (Lipinski definition) is 1. The second kappa shape index (κ2) is 6.64. The van der Waals surface area contributed by atoms with Crippen LogP contribution >= 0.6 is 23.1 Å². The van der Waals surface area contributed by atoms with Gasteiger partial charge in [-0.3, -0.25) is 24.1 Å². The predicted octanol–water partition coefficient (Wildman–Crippen LogP) is 1.70. The normalized spacial score (nSPS) is 24.9. The Morgan fingerprint density at radius 1 is 1.36 bits per heavy atom. The van der Waals surface area contributed by atoms with Crippen LogP contribution in [0.15, 0.2) is 29.3 Å². The van der Waals surface area contributed by atoms with Gasteiger partial charge in [-0.05, 0) is 17.5 Å². The lowest BCUT2D eigenvalue weighted by atomic mass is 10.0. The zero-order valence-corrected chi connectivity index (χ0v) is 15.2. The van der Waals surface area contributed by atoms with E-state index >= 15 is 0 Å².